The molecular weight excluding hydrogens is 414 g/mol. The SMILES string of the molecule is CCCCCCCCCCCC(=O)Nc1ccc(O[C@@H]2O[C@H](CO)[C@H](O)[C@H](O)[C@H]2O)cc1. The fraction of sp³-hybridized carbons (Fsp3) is 0.708. The van der Waals surface area contributed by atoms with E-state index in [0.717, 1.165) is 12.8 Å². The lowest BCUT2D eigenvalue weighted by atomic mass is 9.99. The fourth-order valence-corrected chi connectivity index (χ4v) is 3.74. The first kappa shape index (κ1) is 26.5. The van der Waals surface area contributed by atoms with Crippen LogP contribution in [0, 0.1) is 0 Å². The first-order chi connectivity index (χ1) is 15.5. The van der Waals surface area contributed by atoms with Crippen molar-refractivity contribution < 1.29 is 34.7 Å². The van der Waals surface area contributed by atoms with Gasteiger partial charge in [0.25, 0.3) is 0 Å². The van der Waals surface area contributed by atoms with Crippen LogP contribution in [0.2, 0.25) is 0 Å². The van der Waals surface area contributed by atoms with Gasteiger partial charge < -0.3 is 35.2 Å². The number of nitrogens with one attached hydrogen (secondary N) is 1. The van der Waals surface area contributed by atoms with Gasteiger partial charge in [-0.2, -0.15) is 0 Å². The summed E-state index contributed by atoms with van der Waals surface area (Å²) >= 11 is 0. The van der Waals surface area contributed by atoms with Crippen LogP contribution in [0.15, 0.2) is 24.3 Å². The van der Waals surface area contributed by atoms with Crippen LogP contribution in [0.4, 0.5) is 5.69 Å². The van der Waals surface area contributed by atoms with Crippen molar-refractivity contribution in [2.45, 2.75) is 102 Å². The van der Waals surface area contributed by atoms with Gasteiger partial charge in [0.05, 0.1) is 6.61 Å². The van der Waals surface area contributed by atoms with Crippen molar-refractivity contribution in [3.8, 4) is 5.75 Å². The molecule has 8 heteroatoms. The van der Waals surface area contributed by atoms with E-state index >= 15 is 0 Å². The summed E-state index contributed by atoms with van der Waals surface area (Å²) in [5.74, 6) is 0.321. The second-order valence-electron chi connectivity index (χ2n) is 8.47. The Morgan fingerprint density at radius 1 is 0.906 bits per heavy atom. The van der Waals surface area contributed by atoms with Crippen molar-refractivity contribution in [2.75, 3.05) is 11.9 Å². The molecule has 1 heterocycles. The second kappa shape index (κ2) is 14.4. The Morgan fingerprint density at radius 2 is 1.50 bits per heavy atom. The van der Waals surface area contributed by atoms with Crippen molar-refractivity contribution in [3.05, 3.63) is 24.3 Å². The Bertz CT molecular complexity index is 652. The molecule has 0 saturated carbocycles. The molecule has 1 aliphatic rings. The average molecular weight is 454 g/mol. The zero-order valence-electron chi connectivity index (χ0n) is 19.0. The standard InChI is InChI=1S/C24H39NO7/c1-2-3-4-5-6-7-8-9-10-11-20(27)25-17-12-14-18(15-13-17)31-24-23(30)22(29)21(28)19(16-26)32-24/h12-15,19,21-24,26,28-30H,2-11,16H2,1H3,(H,25,27)/t19-,21+,22+,23-,24-/m1/s1. The summed E-state index contributed by atoms with van der Waals surface area (Å²) in [6.07, 6.45) is 4.67. The Balaban J connectivity index is 1.67. The molecule has 2 rings (SSSR count). The lowest BCUT2D eigenvalue weighted by molar-refractivity contribution is -0.277. The van der Waals surface area contributed by atoms with Crippen molar-refractivity contribution >= 4 is 11.6 Å². The van der Waals surface area contributed by atoms with Gasteiger partial charge in [0.15, 0.2) is 0 Å². The maximum Gasteiger partial charge on any atom is 0.229 e. The van der Waals surface area contributed by atoms with Crippen molar-refractivity contribution in [2.24, 2.45) is 0 Å². The molecule has 0 radical (unpaired) electrons. The Morgan fingerprint density at radius 3 is 2.09 bits per heavy atom. The van der Waals surface area contributed by atoms with E-state index in [9.17, 15) is 25.2 Å². The van der Waals surface area contributed by atoms with E-state index in [2.05, 4.69) is 12.2 Å². The number of benzene rings is 1. The van der Waals surface area contributed by atoms with Gasteiger partial charge in [-0.05, 0) is 30.7 Å². The van der Waals surface area contributed by atoms with Crippen LogP contribution in [0.1, 0.15) is 71.1 Å². The molecule has 1 amide bonds. The number of hydrogen-bond donors (Lipinski definition) is 5. The van der Waals surface area contributed by atoms with Gasteiger partial charge in [-0.3, -0.25) is 4.79 Å². The maximum atomic E-state index is 12.1. The highest BCUT2D eigenvalue weighted by Gasteiger charge is 2.44. The smallest absolute Gasteiger partial charge is 0.229 e. The molecule has 1 fully saturated rings. The number of carbonyl (C=O) groups is 1. The van der Waals surface area contributed by atoms with Gasteiger partial charge in [-0.15, -0.1) is 0 Å². The monoisotopic (exact) mass is 453 g/mol. The fourth-order valence-electron chi connectivity index (χ4n) is 3.74. The molecule has 182 valence electrons. The number of aliphatic hydroxyl groups excluding tert-OH is 4. The number of ether oxygens (including phenoxy) is 2. The van der Waals surface area contributed by atoms with Gasteiger partial charge >= 0.3 is 0 Å². The van der Waals surface area contributed by atoms with Crippen LogP contribution in [-0.4, -0.2) is 63.6 Å². The predicted molar refractivity (Wildman–Crippen MR) is 121 cm³/mol. The highest BCUT2D eigenvalue weighted by atomic mass is 16.7. The van der Waals surface area contributed by atoms with E-state index in [1.165, 1.54) is 44.9 Å². The van der Waals surface area contributed by atoms with E-state index in [1.807, 2.05) is 0 Å². The second-order valence-corrected chi connectivity index (χ2v) is 8.47. The molecule has 8 nitrogen and oxygen atoms in total. The first-order valence-electron chi connectivity index (χ1n) is 11.8. The van der Waals surface area contributed by atoms with E-state index in [0.29, 0.717) is 17.9 Å². The highest BCUT2D eigenvalue weighted by molar-refractivity contribution is 5.90. The summed E-state index contributed by atoms with van der Waals surface area (Å²) in [7, 11) is 0. The molecule has 5 N–H and O–H groups in total. The van der Waals surface area contributed by atoms with Crippen LogP contribution in [-0.2, 0) is 9.53 Å². The lowest BCUT2D eigenvalue weighted by Gasteiger charge is -2.39. The predicted octanol–water partition coefficient (Wildman–Crippen LogP) is 2.72. The minimum Gasteiger partial charge on any atom is -0.462 e. The van der Waals surface area contributed by atoms with Crippen LogP contribution >= 0.6 is 0 Å². The van der Waals surface area contributed by atoms with Gasteiger partial charge in [0.2, 0.25) is 12.2 Å². The molecule has 0 aliphatic carbocycles. The van der Waals surface area contributed by atoms with E-state index in [1.54, 1.807) is 24.3 Å². The third-order valence-corrected chi connectivity index (χ3v) is 5.75. The van der Waals surface area contributed by atoms with Crippen LogP contribution < -0.4 is 10.1 Å². The lowest BCUT2D eigenvalue weighted by Crippen LogP contribution is -2.60. The molecule has 5 atom stereocenters. The van der Waals surface area contributed by atoms with Gasteiger partial charge in [-0.1, -0.05) is 58.3 Å². The Labute approximate surface area is 190 Å². The summed E-state index contributed by atoms with van der Waals surface area (Å²) in [4.78, 5) is 12.1. The summed E-state index contributed by atoms with van der Waals surface area (Å²) in [5, 5.41) is 41.8. The van der Waals surface area contributed by atoms with Crippen molar-refractivity contribution in [1.82, 2.24) is 0 Å². The number of carbonyl (C=O) groups excluding carboxylic acids is 1. The van der Waals surface area contributed by atoms with Gasteiger partial charge in [0, 0.05) is 12.1 Å². The molecule has 32 heavy (non-hydrogen) atoms. The van der Waals surface area contributed by atoms with E-state index in [-0.39, 0.29) is 5.91 Å². The maximum absolute atomic E-state index is 12.1. The number of anilines is 1. The highest BCUT2D eigenvalue weighted by Crippen LogP contribution is 2.25. The molecule has 1 aliphatic heterocycles. The number of hydrogen-bond acceptors (Lipinski definition) is 7. The number of amides is 1. The molecule has 1 aromatic carbocycles. The minimum atomic E-state index is -1.49. The Kier molecular flexibility index (Phi) is 12.0. The number of unbranched alkanes of at least 4 members (excludes halogenated alkanes) is 8. The van der Waals surface area contributed by atoms with Crippen molar-refractivity contribution in [1.29, 1.82) is 0 Å². The zero-order chi connectivity index (χ0) is 23.3. The third-order valence-electron chi connectivity index (χ3n) is 5.75. The van der Waals surface area contributed by atoms with E-state index in [4.69, 9.17) is 9.47 Å². The zero-order valence-corrected chi connectivity index (χ0v) is 19.0. The topological polar surface area (TPSA) is 128 Å². The molecule has 1 aromatic rings. The molecule has 0 bridgehead atoms. The van der Waals surface area contributed by atoms with Gasteiger partial charge in [-0.25, -0.2) is 0 Å². The summed E-state index contributed by atoms with van der Waals surface area (Å²) < 4.78 is 10.9. The summed E-state index contributed by atoms with van der Waals surface area (Å²) in [6.45, 7) is 1.70. The quantitative estimate of drug-likeness (QED) is 0.274. The molecular formula is C24H39NO7. The molecule has 0 unspecified atom stereocenters. The number of aliphatic hydroxyl groups is 4. The van der Waals surface area contributed by atoms with Gasteiger partial charge in [0.1, 0.15) is 30.2 Å². The normalized spacial score (nSPS) is 25.5. The van der Waals surface area contributed by atoms with E-state index < -0.39 is 37.3 Å². The van der Waals surface area contributed by atoms with Crippen LogP contribution in [0.3, 0.4) is 0 Å². The minimum absolute atomic E-state index is 0.0319. The van der Waals surface area contributed by atoms with Crippen molar-refractivity contribution in [3.63, 3.8) is 0 Å². The Hall–Kier alpha value is -1.71. The van der Waals surface area contributed by atoms with Crippen LogP contribution in [0.25, 0.3) is 0 Å². The summed E-state index contributed by atoms with van der Waals surface area (Å²) in [6, 6.07) is 6.56. The average Bonchev–Trinajstić information content (AvgIpc) is 2.79. The molecule has 0 spiro atoms. The third kappa shape index (κ3) is 8.67. The number of rotatable bonds is 14. The van der Waals surface area contributed by atoms with Crippen LogP contribution in [0.5, 0.6) is 5.75 Å². The molecule has 0 aromatic heterocycles. The largest absolute Gasteiger partial charge is 0.462 e. The molecule has 1 saturated heterocycles. The summed E-state index contributed by atoms with van der Waals surface area (Å²) in [5.41, 5.74) is 0.632. The first-order valence-corrected chi connectivity index (χ1v) is 11.8.